The Morgan fingerprint density at radius 3 is 2.94 bits per heavy atom. The van der Waals surface area contributed by atoms with Crippen LogP contribution in [-0.4, -0.2) is 12.6 Å². The first kappa shape index (κ1) is 12.9. The summed E-state index contributed by atoms with van der Waals surface area (Å²) in [6, 6.07) is 5.63. The molecule has 0 radical (unpaired) electrons. The van der Waals surface area contributed by atoms with Crippen LogP contribution in [0.5, 0.6) is 5.75 Å². The van der Waals surface area contributed by atoms with Crippen LogP contribution < -0.4 is 10.5 Å². The number of hydrogen-bond donors (Lipinski definition) is 1. The lowest BCUT2D eigenvalue weighted by atomic mass is 10.0. The molecule has 0 aliphatic heterocycles. The van der Waals surface area contributed by atoms with Crippen LogP contribution >= 0.6 is 11.6 Å². The Morgan fingerprint density at radius 2 is 2.31 bits per heavy atom. The van der Waals surface area contributed by atoms with Crippen molar-refractivity contribution in [2.75, 3.05) is 6.61 Å². The fourth-order valence-corrected chi connectivity index (χ4v) is 1.64. The Balaban J connectivity index is 2.90. The molecule has 86 valence electrons. The highest BCUT2D eigenvalue weighted by Gasteiger charge is 2.11. The van der Waals surface area contributed by atoms with Gasteiger partial charge in [0.15, 0.2) is 0 Å². The van der Waals surface area contributed by atoms with E-state index in [1.54, 1.807) is 0 Å². The van der Waals surface area contributed by atoms with Crippen LogP contribution in [0.2, 0.25) is 5.02 Å². The maximum absolute atomic E-state index is 6.12. The Labute approximate surface area is 102 Å². The second kappa shape index (κ2) is 6.42. The van der Waals surface area contributed by atoms with Crippen molar-refractivity contribution in [2.24, 2.45) is 5.73 Å². The first-order valence-electron chi connectivity index (χ1n) is 5.28. The number of benzene rings is 1. The molecule has 0 aromatic heterocycles. The molecule has 0 spiro atoms. The van der Waals surface area contributed by atoms with Crippen LogP contribution in [-0.2, 0) is 6.42 Å². The SMILES string of the molecule is C#CCOc1cccc(Cl)c1CC(N)CC. The fourth-order valence-electron chi connectivity index (χ4n) is 1.40. The topological polar surface area (TPSA) is 35.2 Å². The monoisotopic (exact) mass is 237 g/mol. The molecule has 1 unspecified atom stereocenters. The third-order valence-electron chi connectivity index (χ3n) is 2.38. The van der Waals surface area contributed by atoms with Crippen LogP contribution in [0.3, 0.4) is 0 Å². The summed E-state index contributed by atoms with van der Waals surface area (Å²) >= 11 is 6.12. The summed E-state index contributed by atoms with van der Waals surface area (Å²) in [6.45, 7) is 2.29. The van der Waals surface area contributed by atoms with Crippen LogP contribution in [0.1, 0.15) is 18.9 Å². The molecule has 2 N–H and O–H groups in total. The molecular weight excluding hydrogens is 222 g/mol. The van der Waals surface area contributed by atoms with Crippen LogP contribution in [0.25, 0.3) is 0 Å². The molecule has 1 aromatic rings. The molecule has 0 aliphatic carbocycles. The van der Waals surface area contributed by atoms with Crippen molar-refractivity contribution < 1.29 is 4.74 Å². The number of rotatable bonds is 5. The van der Waals surface area contributed by atoms with Gasteiger partial charge in [-0.3, -0.25) is 0 Å². The zero-order valence-electron chi connectivity index (χ0n) is 9.37. The number of hydrogen-bond acceptors (Lipinski definition) is 2. The van der Waals surface area contributed by atoms with E-state index in [0.717, 1.165) is 17.7 Å². The molecule has 0 heterocycles. The Kier molecular flexibility index (Phi) is 5.18. The molecule has 2 nitrogen and oxygen atoms in total. The molecule has 0 fully saturated rings. The van der Waals surface area contributed by atoms with Gasteiger partial charge in [0, 0.05) is 16.6 Å². The average molecular weight is 238 g/mol. The number of nitrogens with two attached hydrogens (primary N) is 1. The van der Waals surface area contributed by atoms with Crippen molar-refractivity contribution >= 4 is 11.6 Å². The molecule has 0 saturated carbocycles. The zero-order valence-corrected chi connectivity index (χ0v) is 10.1. The molecule has 1 aromatic carbocycles. The maximum Gasteiger partial charge on any atom is 0.148 e. The van der Waals surface area contributed by atoms with E-state index >= 15 is 0 Å². The Bertz CT molecular complexity index is 384. The molecule has 0 saturated heterocycles. The largest absolute Gasteiger partial charge is 0.481 e. The van der Waals surface area contributed by atoms with Gasteiger partial charge in [0.25, 0.3) is 0 Å². The molecule has 0 aliphatic rings. The molecule has 3 heteroatoms. The van der Waals surface area contributed by atoms with Gasteiger partial charge in [-0.1, -0.05) is 30.5 Å². The van der Waals surface area contributed by atoms with Crippen molar-refractivity contribution in [3.63, 3.8) is 0 Å². The van der Waals surface area contributed by atoms with E-state index in [1.165, 1.54) is 0 Å². The maximum atomic E-state index is 6.12. The van der Waals surface area contributed by atoms with Gasteiger partial charge >= 0.3 is 0 Å². The van der Waals surface area contributed by atoms with Gasteiger partial charge in [-0.2, -0.15) is 0 Å². The van der Waals surface area contributed by atoms with Gasteiger partial charge in [0.1, 0.15) is 12.4 Å². The van der Waals surface area contributed by atoms with Gasteiger partial charge in [0.2, 0.25) is 0 Å². The average Bonchev–Trinajstić information content (AvgIpc) is 2.29. The second-order valence-corrected chi connectivity index (χ2v) is 3.99. The normalized spacial score (nSPS) is 11.9. The van der Waals surface area contributed by atoms with Crippen molar-refractivity contribution in [3.05, 3.63) is 28.8 Å². The number of halogens is 1. The first-order valence-corrected chi connectivity index (χ1v) is 5.66. The van der Waals surface area contributed by atoms with Gasteiger partial charge < -0.3 is 10.5 Å². The fraction of sp³-hybridized carbons (Fsp3) is 0.385. The molecule has 0 bridgehead atoms. The summed E-state index contributed by atoms with van der Waals surface area (Å²) in [5.74, 6) is 3.16. The van der Waals surface area contributed by atoms with E-state index in [4.69, 9.17) is 28.5 Å². The molecule has 1 atom stereocenters. The quantitative estimate of drug-likeness (QED) is 0.800. The summed E-state index contributed by atoms with van der Waals surface area (Å²) in [5.41, 5.74) is 6.86. The number of terminal acetylenes is 1. The van der Waals surface area contributed by atoms with E-state index in [-0.39, 0.29) is 12.6 Å². The zero-order chi connectivity index (χ0) is 12.0. The summed E-state index contributed by atoms with van der Waals surface area (Å²) < 4.78 is 5.44. The lowest BCUT2D eigenvalue weighted by Gasteiger charge is -2.14. The minimum Gasteiger partial charge on any atom is -0.481 e. The van der Waals surface area contributed by atoms with Crippen LogP contribution in [0.15, 0.2) is 18.2 Å². The second-order valence-electron chi connectivity index (χ2n) is 3.58. The van der Waals surface area contributed by atoms with Gasteiger partial charge in [-0.15, -0.1) is 6.42 Å². The molecule has 16 heavy (non-hydrogen) atoms. The van der Waals surface area contributed by atoms with E-state index in [1.807, 2.05) is 25.1 Å². The Hall–Kier alpha value is -1.17. The summed E-state index contributed by atoms with van der Waals surface area (Å²) in [5, 5.41) is 0.679. The van der Waals surface area contributed by atoms with Crippen molar-refractivity contribution in [3.8, 4) is 18.1 Å². The lowest BCUT2D eigenvalue weighted by Crippen LogP contribution is -2.22. The highest BCUT2D eigenvalue weighted by molar-refractivity contribution is 6.31. The summed E-state index contributed by atoms with van der Waals surface area (Å²) in [4.78, 5) is 0. The summed E-state index contributed by atoms with van der Waals surface area (Å²) in [7, 11) is 0. The van der Waals surface area contributed by atoms with E-state index in [9.17, 15) is 0 Å². The third-order valence-corrected chi connectivity index (χ3v) is 2.73. The van der Waals surface area contributed by atoms with E-state index < -0.39 is 0 Å². The van der Waals surface area contributed by atoms with Crippen LogP contribution in [0.4, 0.5) is 0 Å². The molecule has 1 rings (SSSR count). The lowest BCUT2D eigenvalue weighted by molar-refractivity contribution is 0.365. The van der Waals surface area contributed by atoms with E-state index in [0.29, 0.717) is 11.4 Å². The first-order chi connectivity index (χ1) is 7.69. The standard InChI is InChI=1S/C13H16ClNO/c1-3-8-16-13-7-5-6-12(14)11(13)9-10(15)4-2/h1,5-7,10H,4,8-9,15H2,2H3. The highest BCUT2D eigenvalue weighted by Crippen LogP contribution is 2.27. The number of ether oxygens (including phenoxy) is 1. The van der Waals surface area contributed by atoms with Crippen molar-refractivity contribution in [2.45, 2.75) is 25.8 Å². The molecule has 0 amide bonds. The third kappa shape index (κ3) is 3.44. The van der Waals surface area contributed by atoms with Gasteiger partial charge in [-0.25, -0.2) is 0 Å². The smallest absolute Gasteiger partial charge is 0.148 e. The van der Waals surface area contributed by atoms with Crippen LogP contribution in [0, 0.1) is 12.3 Å². The minimum atomic E-state index is 0.0908. The minimum absolute atomic E-state index is 0.0908. The van der Waals surface area contributed by atoms with Gasteiger partial charge in [0.05, 0.1) is 0 Å². The predicted molar refractivity (Wildman–Crippen MR) is 67.8 cm³/mol. The summed E-state index contributed by atoms with van der Waals surface area (Å²) in [6.07, 6.45) is 6.77. The predicted octanol–water partition coefficient (Wildman–Crippen LogP) is 2.63. The van der Waals surface area contributed by atoms with Gasteiger partial charge in [-0.05, 0) is 25.0 Å². The molecular formula is C13H16ClNO. The van der Waals surface area contributed by atoms with Crippen molar-refractivity contribution in [1.29, 1.82) is 0 Å². The van der Waals surface area contributed by atoms with Crippen molar-refractivity contribution in [1.82, 2.24) is 0 Å². The highest BCUT2D eigenvalue weighted by atomic mass is 35.5. The Morgan fingerprint density at radius 1 is 1.56 bits per heavy atom. The van der Waals surface area contributed by atoms with E-state index in [2.05, 4.69) is 5.92 Å².